The van der Waals surface area contributed by atoms with Gasteiger partial charge in [-0.3, -0.25) is 9.59 Å². The quantitative estimate of drug-likeness (QED) is 0.267. The second-order valence-electron chi connectivity index (χ2n) is 7.24. The first-order chi connectivity index (χ1) is 11.7. The van der Waals surface area contributed by atoms with Gasteiger partial charge in [-0.2, -0.15) is 0 Å². The molecule has 1 amide bonds. The summed E-state index contributed by atoms with van der Waals surface area (Å²) in [6.45, 7) is 13.1. The summed E-state index contributed by atoms with van der Waals surface area (Å²) in [6.07, 6.45) is 2.24. The maximum absolute atomic E-state index is 12.9. The maximum atomic E-state index is 12.9. The van der Waals surface area contributed by atoms with Crippen molar-refractivity contribution in [2.75, 3.05) is 32.7 Å². The number of hydrogen-bond donors (Lipinski definition) is 5. The molecule has 6 N–H and O–H groups in total. The van der Waals surface area contributed by atoms with E-state index in [1.54, 1.807) is 0 Å². The topological polar surface area (TPSA) is 108 Å². The lowest BCUT2D eigenvalue weighted by Crippen LogP contribution is -2.57. The van der Waals surface area contributed by atoms with Crippen LogP contribution in [-0.2, 0) is 9.59 Å². The molecule has 0 saturated heterocycles. The molecular weight excluding hydrogens is 318 g/mol. The Hall–Kier alpha value is -1.02. The van der Waals surface area contributed by atoms with Crippen LogP contribution in [0.1, 0.15) is 53.9 Å². The zero-order chi connectivity index (χ0) is 19.3. The van der Waals surface area contributed by atoms with E-state index in [-0.39, 0.29) is 24.2 Å². The molecule has 0 spiro atoms. The van der Waals surface area contributed by atoms with Crippen molar-refractivity contribution in [3.05, 3.63) is 0 Å². The molecule has 7 heteroatoms. The molecule has 25 heavy (non-hydrogen) atoms. The van der Waals surface area contributed by atoms with Crippen LogP contribution in [0.25, 0.3) is 0 Å². The van der Waals surface area contributed by atoms with E-state index in [1.807, 2.05) is 27.7 Å². The minimum absolute atomic E-state index is 0.0220. The number of rotatable bonds is 15. The van der Waals surface area contributed by atoms with Crippen LogP contribution in [0.2, 0.25) is 0 Å². The fourth-order valence-corrected chi connectivity index (χ4v) is 2.50. The number of carbonyl (C=O) groups excluding carboxylic acids is 2. The van der Waals surface area contributed by atoms with Crippen LogP contribution >= 0.6 is 0 Å². The summed E-state index contributed by atoms with van der Waals surface area (Å²) in [5, 5.41) is 12.5. The Morgan fingerprint density at radius 3 is 2.32 bits per heavy atom. The first-order valence-electron chi connectivity index (χ1n) is 9.47. The van der Waals surface area contributed by atoms with Gasteiger partial charge in [-0.15, -0.1) is 0 Å². The second kappa shape index (κ2) is 13.2. The molecule has 1 unspecified atom stereocenters. The number of amides is 1. The summed E-state index contributed by atoms with van der Waals surface area (Å²) < 4.78 is 0. The number of ketones is 1. The van der Waals surface area contributed by atoms with Crippen LogP contribution in [0.3, 0.4) is 0 Å². The number of carbonyl (C=O) groups is 2. The van der Waals surface area contributed by atoms with Gasteiger partial charge in [0.1, 0.15) is 0 Å². The highest BCUT2D eigenvalue weighted by atomic mass is 16.2. The van der Waals surface area contributed by atoms with Gasteiger partial charge in [-0.05, 0) is 26.8 Å². The maximum Gasteiger partial charge on any atom is 0.222 e. The van der Waals surface area contributed by atoms with Crippen LogP contribution in [0.5, 0.6) is 0 Å². The van der Waals surface area contributed by atoms with Gasteiger partial charge in [0, 0.05) is 38.6 Å². The SMILES string of the molecule is CCCCNC(C)(C)C(=O)C(CC(=O)NCCNCCN)NC(C)C. The van der Waals surface area contributed by atoms with Crippen LogP contribution in [0, 0.1) is 0 Å². The minimum Gasteiger partial charge on any atom is -0.355 e. The standard InChI is InChI=1S/C18H39N5O2/c1-6-7-9-22-18(4,5)17(25)15(23-14(2)3)13-16(24)21-12-11-20-10-8-19/h14-15,20,22-23H,6-13,19H2,1-5H3,(H,21,24). The van der Waals surface area contributed by atoms with E-state index in [0.717, 1.165) is 25.9 Å². The Morgan fingerprint density at radius 1 is 1.08 bits per heavy atom. The zero-order valence-electron chi connectivity index (χ0n) is 16.7. The van der Waals surface area contributed by atoms with Gasteiger partial charge < -0.3 is 27.0 Å². The summed E-state index contributed by atoms with van der Waals surface area (Å²) in [7, 11) is 0. The zero-order valence-corrected chi connectivity index (χ0v) is 16.7. The first kappa shape index (κ1) is 24.0. The Bertz CT molecular complexity index is 386. The molecule has 0 aromatic carbocycles. The van der Waals surface area contributed by atoms with Crippen molar-refractivity contribution < 1.29 is 9.59 Å². The smallest absolute Gasteiger partial charge is 0.222 e. The van der Waals surface area contributed by atoms with E-state index in [0.29, 0.717) is 19.6 Å². The van der Waals surface area contributed by atoms with Crippen LogP contribution in [-0.4, -0.2) is 62.0 Å². The van der Waals surface area contributed by atoms with Gasteiger partial charge in [-0.25, -0.2) is 0 Å². The fraction of sp³-hybridized carbons (Fsp3) is 0.889. The number of nitrogens with one attached hydrogen (secondary N) is 4. The summed E-state index contributed by atoms with van der Waals surface area (Å²) in [4.78, 5) is 25.1. The average Bonchev–Trinajstić information content (AvgIpc) is 2.53. The second-order valence-corrected chi connectivity index (χ2v) is 7.24. The number of hydrogen-bond acceptors (Lipinski definition) is 6. The van der Waals surface area contributed by atoms with E-state index >= 15 is 0 Å². The largest absolute Gasteiger partial charge is 0.355 e. The Labute approximate surface area is 153 Å². The van der Waals surface area contributed by atoms with Crippen LogP contribution in [0.4, 0.5) is 0 Å². The average molecular weight is 358 g/mol. The van der Waals surface area contributed by atoms with E-state index in [1.165, 1.54) is 0 Å². The van der Waals surface area contributed by atoms with E-state index in [9.17, 15) is 9.59 Å². The molecule has 0 aliphatic carbocycles. The van der Waals surface area contributed by atoms with Gasteiger partial charge >= 0.3 is 0 Å². The molecule has 0 bridgehead atoms. The first-order valence-corrected chi connectivity index (χ1v) is 9.47. The minimum atomic E-state index is -0.662. The highest BCUT2D eigenvalue weighted by Crippen LogP contribution is 2.11. The number of nitrogens with two attached hydrogens (primary N) is 1. The molecule has 0 aliphatic rings. The third kappa shape index (κ3) is 11.3. The fourth-order valence-electron chi connectivity index (χ4n) is 2.50. The monoisotopic (exact) mass is 357 g/mol. The molecule has 0 aliphatic heterocycles. The predicted octanol–water partition coefficient (Wildman–Crippen LogP) is 0.145. The summed E-state index contributed by atoms with van der Waals surface area (Å²) in [5.41, 5.74) is 4.74. The van der Waals surface area contributed by atoms with Crippen molar-refractivity contribution in [1.29, 1.82) is 0 Å². The molecule has 0 aromatic rings. The molecule has 0 radical (unpaired) electrons. The Kier molecular flexibility index (Phi) is 12.7. The van der Waals surface area contributed by atoms with E-state index in [2.05, 4.69) is 28.2 Å². The molecule has 0 fully saturated rings. The predicted molar refractivity (Wildman–Crippen MR) is 104 cm³/mol. The number of Topliss-reactive ketones (excluding diaryl/α,β-unsaturated/α-hetero) is 1. The van der Waals surface area contributed by atoms with Gasteiger partial charge in [0.25, 0.3) is 0 Å². The van der Waals surface area contributed by atoms with Gasteiger partial charge in [0.05, 0.1) is 11.6 Å². The molecule has 0 heterocycles. The third-order valence-electron chi connectivity index (χ3n) is 3.90. The molecule has 148 valence electrons. The highest BCUT2D eigenvalue weighted by molar-refractivity contribution is 5.95. The molecule has 0 saturated carbocycles. The van der Waals surface area contributed by atoms with Gasteiger partial charge in [0.15, 0.2) is 5.78 Å². The molecular formula is C18H39N5O2. The normalized spacial score (nSPS) is 13.1. The van der Waals surface area contributed by atoms with Crippen LogP contribution < -0.4 is 27.0 Å². The lowest BCUT2D eigenvalue weighted by Gasteiger charge is -2.31. The van der Waals surface area contributed by atoms with Crippen molar-refractivity contribution in [3.63, 3.8) is 0 Å². The Morgan fingerprint density at radius 2 is 1.76 bits per heavy atom. The number of unbranched alkanes of at least 4 members (excludes halogenated alkanes) is 1. The van der Waals surface area contributed by atoms with Crippen molar-refractivity contribution in [3.8, 4) is 0 Å². The lowest BCUT2D eigenvalue weighted by atomic mass is 9.90. The third-order valence-corrected chi connectivity index (χ3v) is 3.90. The van der Waals surface area contributed by atoms with E-state index < -0.39 is 11.6 Å². The van der Waals surface area contributed by atoms with Gasteiger partial charge in [-0.1, -0.05) is 27.2 Å². The van der Waals surface area contributed by atoms with Crippen molar-refractivity contribution >= 4 is 11.7 Å². The lowest BCUT2D eigenvalue weighted by molar-refractivity contribution is -0.130. The summed E-state index contributed by atoms with van der Waals surface area (Å²) in [5.74, 6) is -0.0980. The summed E-state index contributed by atoms with van der Waals surface area (Å²) >= 11 is 0. The molecule has 7 nitrogen and oxygen atoms in total. The summed E-state index contributed by atoms with van der Waals surface area (Å²) in [6, 6.07) is -0.374. The van der Waals surface area contributed by atoms with E-state index in [4.69, 9.17) is 5.73 Å². The molecule has 1 atom stereocenters. The molecule has 0 rings (SSSR count). The molecule has 0 aromatic heterocycles. The van der Waals surface area contributed by atoms with Crippen LogP contribution in [0.15, 0.2) is 0 Å². The van der Waals surface area contributed by atoms with Crippen molar-refractivity contribution in [2.24, 2.45) is 5.73 Å². The van der Waals surface area contributed by atoms with Gasteiger partial charge in [0.2, 0.25) is 5.91 Å². The Balaban J connectivity index is 4.60. The highest BCUT2D eigenvalue weighted by Gasteiger charge is 2.34. The van der Waals surface area contributed by atoms with Crippen molar-refractivity contribution in [1.82, 2.24) is 21.3 Å². The van der Waals surface area contributed by atoms with Crippen molar-refractivity contribution in [2.45, 2.75) is 71.5 Å².